The molecule has 2 aliphatic rings. The minimum Gasteiger partial charge on any atom is -0.340 e. The number of halogens is 2. The number of nitrogens with one attached hydrogen (secondary N) is 1. The summed E-state index contributed by atoms with van der Waals surface area (Å²) in [6, 6.07) is 3.13. The van der Waals surface area contributed by atoms with Crippen molar-refractivity contribution in [2.75, 3.05) is 6.54 Å². The van der Waals surface area contributed by atoms with Gasteiger partial charge in [0.15, 0.2) is 0 Å². The van der Waals surface area contributed by atoms with Gasteiger partial charge in [0.2, 0.25) is 11.8 Å². The van der Waals surface area contributed by atoms with Crippen LogP contribution in [0.1, 0.15) is 31.2 Å². The van der Waals surface area contributed by atoms with E-state index in [2.05, 4.69) is 5.32 Å². The van der Waals surface area contributed by atoms with Crippen molar-refractivity contribution in [1.29, 1.82) is 0 Å². The van der Waals surface area contributed by atoms with Crippen LogP contribution in [0.2, 0.25) is 0 Å². The number of rotatable bonds is 2. The maximum atomic E-state index is 13.7. The van der Waals surface area contributed by atoms with Crippen LogP contribution in [0.3, 0.4) is 0 Å². The molecular formula is C15H16F2N2O2. The van der Waals surface area contributed by atoms with Crippen LogP contribution in [0.25, 0.3) is 0 Å². The van der Waals surface area contributed by atoms with Gasteiger partial charge in [-0.25, -0.2) is 8.78 Å². The van der Waals surface area contributed by atoms with Crippen LogP contribution < -0.4 is 5.32 Å². The Balaban J connectivity index is 1.85. The maximum Gasteiger partial charge on any atom is 0.249 e. The Bertz CT molecular complexity index is 597. The Morgan fingerprint density at radius 1 is 1.19 bits per heavy atom. The average Bonchev–Trinajstić information content (AvgIpc) is 2.89. The number of amides is 2. The molecule has 1 aliphatic heterocycles. The number of nitrogens with zero attached hydrogens (tertiary/aromatic N) is 1. The van der Waals surface area contributed by atoms with E-state index in [1.54, 1.807) is 0 Å². The maximum absolute atomic E-state index is 13.7. The Labute approximate surface area is 121 Å². The smallest absolute Gasteiger partial charge is 0.249 e. The van der Waals surface area contributed by atoms with Gasteiger partial charge >= 0.3 is 0 Å². The van der Waals surface area contributed by atoms with E-state index in [4.69, 9.17) is 0 Å². The summed E-state index contributed by atoms with van der Waals surface area (Å²) in [5.41, 5.74) is -0.745. The lowest BCUT2D eigenvalue weighted by molar-refractivity contribution is -0.150. The third-order valence-corrected chi connectivity index (χ3v) is 4.24. The number of hydrogen-bond donors (Lipinski definition) is 1. The van der Waals surface area contributed by atoms with E-state index in [9.17, 15) is 18.4 Å². The molecule has 1 aromatic rings. The first-order valence-electron chi connectivity index (χ1n) is 7.04. The highest BCUT2D eigenvalue weighted by Gasteiger charge is 2.48. The van der Waals surface area contributed by atoms with Gasteiger partial charge in [-0.1, -0.05) is 12.8 Å². The monoisotopic (exact) mass is 294 g/mol. The van der Waals surface area contributed by atoms with E-state index in [1.807, 2.05) is 0 Å². The molecule has 1 aromatic carbocycles. The molecule has 1 saturated heterocycles. The quantitative estimate of drug-likeness (QED) is 0.903. The minimum absolute atomic E-state index is 0.0857. The van der Waals surface area contributed by atoms with Crippen molar-refractivity contribution >= 4 is 11.8 Å². The zero-order valence-electron chi connectivity index (χ0n) is 11.5. The number of carbonyl (C=O) groups is 2. The van der Waals surface area contributed by atoms with Crippen molar-refractivity contribution in [3.63, 3.8) is 0 Å². The summed E-state index contributed by atoms with van der Waals surface area (Å²) in [5, 5.41) is 2.79. The summed E-state index contributed by atoms with van der Waals surface area (Å²) in [4.78, 5) is 25.8. The first kappa shape index (κ1) is 14.0. The highest BCUT2D eigenvalue weighted by molar-refractivity contribution is 5.98. The van der Waals surface area contributed by atoms with Crippen LogP contribution in [-0.2, 0) is 16.1 Å². The van der Waals surface area contributed by atoms with Gasteiger partial charge in [-0.2, -0.15) is 0 Å². The van der Waals surface area contributed by atoms with Crippen molar-refractivity contribution in [1.82, 2.24) is 10.2 Å². The lowest BCUT2D eigenvalue weighted by Gasteiger charge is -2.39. The van der Waals surface area contributed by atoms with Crippen molar-refractivity contribution in [2.24, 2.45) is 0 Å². The van der Waals surface area contributed by atoms with Gasteiger partial charge in [0.1, 0.15) is 17.2 Å². The molecule has 6 heteroatoms. The van der Waals surface area contributed by atoms with Crippen LogP contribution >= 0.6 is 0 Å². The molecule has 1 heterocycles. The molecule has 1 saturated carbocycles. The molecule has 0 atom stereocenters. The molecule has 1 aliphatic carbocycles. The Kier molecular flexibility index (Phi) is 3.39. The van der Waals surface area contributed by atoms with E-state index in [0.29, 0.717) is 12.8 Å². The number of piperazine rings is 1. The SMILES string of the molecule is O=C1CN(Cc2cc(F)ccc2F)C(=O)C2(CCCC2)N1. The third-order valence-electron chi connectivity index (χ3n) is 4.24. The summed E-state index contributed by atoms with van der Waals surface area (Å²) in [6.45, 7) is -0.200. The van der Waals surface area contributed by atoms with Crippen LogP contribution in [0.4, 0.5) is 8.78 Å². The summed E-state index contributed by atoms with van der Waals surface area (Å²) >= 11 is 0. The number of carbonyl (C=O) groups excluding carboxylic acids is 2. The van der Waals surface area contributed by atoms with Crippen molar-refractivity contribution in [3.05, 3.63) is 35.4 Å². The molecule has 2 amide bonds. The molecule has 4 nitrogen and oxygen atoms in total. The average molecular weight is 294 g/mol. The zero-order valence-corrected chi connectivity index (χ0v) is 11.5. The predicted molar refractivity (Wildman–Crippen MR) is 71.1 cm³/mol. The van der Waals surface area contributed by atoms with E-state index in [-0.39, 0.29) is 30.5 Å². The normalized spacial score (nSPS) is 21.0. The predicted octanol–water partition coefficient (Wildman–Crippen LogP) is 1.74. The molecule has 1 N–H and O–H groups in total. The fraction of sp³-hybridized carbons (Fsp3) is 0.467. The Morgan fingerprint density at radius 2 is 1.90 bits per heavy atom. The molecule has 112 valence electrons. The van der Waals surface area contributed by atoms with Gasteiger partial charge in [0.05, 0.1) is 6.54 Å². The van der Waals surface area contributed by atoms with Crippen LogP contribution in [0.5, 0.6) is 0 Å². The van der Waals surface area contributed by atoms with Crippen molar-refractivity contribution in [2.45, 2.75) is 37.8 Å². The second kappa shape index (κ2) is 5.09. The summed E-state index contributed by atoms with van der Waals surface area (Å²) in [5.74, 6) is -1.57. The van der Waals surface area contributed by atoms with E-state index in [1.165, 1.54) is 4.90 Å². The molecule has 0 unspecified atom stereocenters. The molecule has 2 fully saturated rings. The van der Waals surface area contributed by atoms with Crippen LogP contribution in [-0.4, -0.2) is 28.8 Å². The van der Waals surface area contributed by atoms with Gasteiger partial charge in [-0.05, 0) is 31.0 Å². The minimum atomic E-state index is -0.834. The van der Waals surface area contributed by atoms with Crippen LogP contribution in [0.15, 0.2) is 18.2 Å². The Hall–Kier alpha value is -1.98. The standard InChI is InChI=1S/C15H16F2N2O2/c16-11-3-4-12(17)10(7-11)8-19-9-13(20)18-15(14(19)21)5-1-2-6-15/h3-4,7H,1-2,5-6,8-9H2,(H,18,20). The van der Waals surface area contributed by atoms with Gasteiger partial charge < -0.3 is 10.2 Å². The third kappa shape index (κ3) is 2.50. The summed E-state index contributed by atoms with van der Waals surface area (Å²) in [7, 11) is 0. The van der Waals surface area contributed by atoms with Gasteiger partial charge in [-0.3, -0.25) is 9.59 Å². The molecule has 0 bridgehead atoms. The highest BCUT2D eigenvalue weighted by atomic mass is 19.1. The fourth-order valence-corrected chi connectivity index (χ4v) is 3.22. The number of hydrogen-bond acceptors (Lipinski definition) is 2. The Morgan fingerprint density at radius 3 is 2.62 bits per heavy atom. The lowest BCUT2D eigenvalue weighted by Crippen LogP contribution is -2.65. The number of benzene rings is 1. The second-order valence-electron chi connectivity index (χ2n) is 5.73. The lowest BCUT2D eigenvalue weighted by atomic mass is 9.93. The van der Waals surface area contributed by atoms with E-state index >= 15 is 0 Å². The zero-order chi connectivity index (χ0) is 15.0. The largest absolute Gasteiger partial charge is 0.340 e. The molecular weight excluding hydrogens is 278 g/mol. The topological polar surface area (TPSA) is 49.4 Å². The van der Waals surface area contributed by atoms with Gasteiger partial charge in [-0.15, -0.1) is 0 Å². The van der Waals surface area contributed by atoms with Crippen LogP contribution in [0, 0.1) is 11.6 Å². The van der Waals surface area contributed by atoms with E-state index in [0.717, 1.165) is 31.0 Å². The first-order chi connectivity index (χ1) is 10.00. The highest BCUT2D eigenvalue weighted by Crippen LogP contribution is 2.33. The summed E-state index contributed by atoms with van der Waals surface area (Å²) in [6.07, 6.45) is 2.99. The fourth-order valence-electron chi connectivity index (χ4n) is 3.22. The molecule has 0 aromatic heterocycles. The molecule has 21 heavy (non-hydrogen) atoms. The van der Waals surface area contributed by atoms with Gasteiger partial charge in [0, 0.05) is 12.1 Å². The van der Waals surface area contributed by atoms with E-state index < -0.39 is 17.2 Å². The first-order valence-corrected chi connectivity index (χ1v) is 7.04. The molecule has 0 radical (unpaired) electrons. The van der Waals surface area contributed by atoms with Gasteiger partial charge in [0.25, 0.3) is 0 Å². The van der Waals surface area contributed by atoms with Crippen molar-refractivity contribution < 1.29 is 18.4 Å². The second-order valence-corrected chi connectivity index (χ2v) is 5.73. The van der Waals surface area contributed by atoms with Crippen molar-refractivity contribution in [3.8, 4) is 0 Å². The summed E-state index contributed by atoms with van der Waals surface area (Å²) < 4.78 is 26.9. The molecule has 3 rings (SSSR count). The molecule has 1 spiro atoms.